The summed E-state index contributed by atoms with van der Waals surface area (Å²) in [6.45, 7) is 1.28. The third-order valence-corrected chi connectivity index (χ3v) is 7.81. The third-order valence-electron chi connectivity index (χ3n) is 5.98. The zero-order valence-electron chi connectivity index (χ0n) is 21.8. The molecule has 0 fully saturated rings. The van der Waals surface area contributed by atoms with Gasteiger partial charge >= 0.3 is 6.03 Å². The van der Waals surface area contributed by atoms with Gasteiger partial charge in [-0.15, -0.1) is 0 Å². The number of amides is 2. The molecule has 0 saturated heterocycles. The van der Waals surface area contributed by atoms with Gasteiger partial charge in [-0.05, 0) is 71.5 Å². The highest BCUT2D eigenvalue weighted by Crippen LogP contribution is 2.28. The number of urea groups is 1. The maximum atomic E-state index is 13.4. The van der Waals surface area contributed by atoms with Crippen LogP contribution in [0.15, 0.2) is 94.3 Å². The number of anilines is 1. The first-order valence-electron chi connectivity index (χ1n) is 12.5. The summed E-state index contributed by atoms with van der Waals surface area (Å²) < 4.78 is 0.498. The fourth-order valence-electron chi connectivity index (χ4n) is 4.04. The van der Waals surface area contributed by atoms with Crippen molar-refractivity contribution in [3.05, 3.63) is 106 Å². The molecule has 0 saturated carbocycles. The van der Waals surface area contributed by atoms with E-state index in [0.29, 0.717) is 28.3 Å². The number of carbonyl (C=O) groups is 1. The van der Waals surface area contributed by atoms with E-state index in [4.69, 9.17) is 17.3 Å². The van der Waals surface area contributed by atoms with Crippen molar-refractivity contribution in [1.29, 1.82) is 0 Å². The van der Waals surface area contributed by atoms with Crippen LogP contribution in [0.2, 0.25) is 0 Å². The molecule has 3 aromatic rings. The summed E-state index contributed by atoms with van der Waals surface area (Å²) >= 11 is 9.48. The number of hydrogen-bond acceptors (Lipinski definition) is 5. The van der Waals surface area contributed by atoms with Crippen LogP contribution in [0.1, 0.15) is 35.4 Å². The lowest BCUT2D eigenvalue weighted by Crippen LogP contribution is -2.43. The number of nitrogens with two attached hydrogens (primary N) is 1. The SMILES string of the molecule is C/N=C(/NC(=O)N(CCCSC)CCC(c1ccccc1)c1ccccc1)S/C(Cl)=C/c1ccc(N)cc1. The highest BCUT2D eigenvalue weighted by molar-refractivity contribution is 8.18. The minimum absolute atomic E-state index is 0.170. The van der Waals surface area contributed by atoms with E-state index in [9.17, 15) is 4.79 Å². The molecule has 3 aromatic carbocycles. The molecule has 200 valence electrons. The molecular weight excluding hydrogens is 532 g/mol. The lowest BCUT2D eigenvalue weighted by molar-refractivity contribution is 0.202. The van der Waals surface area contributed by atoms with Gasteiger partial charge in [0.15, 0.2) is 5.17 Å². The number of amidine groups is 1. The maximum absolute atomic E-state index is 13.4. The molecule has 0 aliphatic rings. The number of halogens is 1. The van der Waals surface area contributed by atoms with Crippen LogP contribution in [0.4, 0.5) is 10.5 Å². The van der Waals surface area contributed by atoms with Gasteiger partial charge in [0.1, 0.15) is 0 Å². The van der Waals surface area contributed by atoms with E-state index < -0.39 is 0 Å². The topological polar surface area (TPSA) is 70.7 Å². The maximum Gasteiger partial charge on any atom is 0.323 e. The monoisotopic (exact) mass is 566 g/mol. The Balaban J connectivity index is 1.70. The summed E-state index contributed by atoms with van der Waals surface area (Å²) in [5.74, 6) is 1.18. The van der Waals surface area contributed by atoms with Gasteiger partial charge in [-0.1, -0.05) is 84.4 Å². The Morgan fingerprint density at radius 3 is 2.16 bits per heavy atom. The minimum Gasteiger partial charge on any atom is -0.399 e. The minimum atomic E-state index is -0.170. The first-order valence-corrected chi connectivity index (χ1v) is 15.1. The van der Waals surface area contributed by atoms with Gasteiger partial charge in [0.2, 0.25) is 0 Å². The highest BCUT2D eigenvalue weighted by atomic mass is 35.5. The smallest absolute Gasteiger partial charge is 0.323 e. The van der Waals surface area contributed by atoms with E-state index in [2.05, 4.69) is 65.1 Å². The number of benzene rings is 3. The second-order valence-electron chi connectivity index (χ2n) is 8.67. The molecule has 0 radical (unpaired) electrons. The summed E-state index contributed by atoms with van der Waals surface area (Å²) in [4.78, 5) is 19.6. The number of carbonyl (C=O) groups excluding carboxylic acids is 1. The number of aliphatic imine (C=N–C) groups is 1. The normalized spacial score (nSPS) is 12.0. The zero-order chi connectivity index (χ0) is 27.2. The Labute approximate surface area is 239 Å². The van der Waals surface area contributed by atoms with E-state index in [0.717, 1.165) is 24.2 Å². The van der Waals surface area contributed by atoms with Crippen molar-refractivity contribution in [3.63, 3.8) is 0 Å². The molecule has 0 aromatic heterocycles. The molecule has 0 aliphatic carbocycles. The molecule has 0 atom stereocenters. The average Bonchev–Trinajstić information content (AvgIpc) is 2.94. The zero-order valence-corrected chi connectivity index (χ0v) is 24.2. The van der Waals surface area contributed by atoms with Crippen molar-refractivity contribution in [1.82, 2.24) is 10.2 Å². The molecular formula is C30H35ClN4OS2. The summed E-state index contributed by atoms with van der Waals surface area (Å²) in [5, 5.41) is 3.42. The molecule has 8 heteroatoms. The molecule has 2 amide bonds. The van der Waals surface area contributed by atoms with Crippen LogP contribution in [-0.4, -0.2) is 48.2 Å². The number of thioether (sulfide) groups is 2. The predicted octanol–water partition coefficient (Wildman–Crippen LogP) is 7.51. The van der Waals surface area contributed by atoms with E-state index in [1.807, 2.05) is 47.4 Å². The fourth-order valence-corrected chi connectivity index (χ4v) is 5.41. The first kappa shape index (κ1) is 29.7. The quantitative estimate of drug-likeness (QED) is 0.109. The van der Waals surface area contributed by atoms with Crippen LogP contribution in [0.3, 0.4) is 0 Å². The number of rotatable bonds is 11. The molecule has 3 rings (SSSR count). The van der Waals surface area contributed by atoms with Crippen LogP contribution in [0.25, 0.3) is 6.08 Å². The first-order chi connectivity index (χ1) is 18.5. The Morgan fingerprint density at radius 2 is 1.61 bits per heavy atom. The van der Waals surface area contributed by atoms with E-state index in [1.54, 1.807) is 18.8 Å². The lowest BCUT2D eigenvalue weighted by atomic mass is 9.88. The molecule has 0 heterocycles. The van der Waals surface area contributed by atoms with E-state index in [1.165, 1.54) is 22.9 Å². The van der Waals surface area contributed by atoms with Gasteiger partial charge in [-0.2, -0.15) is 11.8 Å². The fraction of sp³-hybridized carbons (Fsp3) is 0.267. The van der Waals surface area contributed by atoms with Gasteiger partial charge in [0.05, 0.1) is 4.36 Å². The largest absolute Gasteiger partial charge is 0.399 e. The Morgan fingerprint density at radius 1 is 1.00 bits per heavy atom. The van der Waals surface area contributed by atoms with Crippen LogP contribution in [0.5, 0.6) is 0 Å². The van der Waals surface area contributed by atoms with Crippen LogP contribution >= 0.6 is 35.1 Å². The van der Waals surface area contributed by atoms with Crippen LogP contribution < -0.4 is 11.1 Å². The molecule has 3 N–H and O–H groups in total. The number of nitrogens with one attached hydrogen (secondary N) is 1. The predicted molar refractivity (Wildman–Crippen MR) is 168 cm³/mol. The summed E-state index contributed by atoms with van der Waals surface area (Å²) in [7, 11) is 1.65. The molecule has 5 nitrogen and oxygen atoms in total. The molecule has 0 spiro atoms. The van der Waals surface area contributed by atoms with Crippen molar-refractivity contribution >= 4 is 58.1 Å². The standard InChI is InChI=1S/C30H35ClN4OS2/c1-33-29(38-28(31)22-23-14-16-26(32)17-15-23)34-30(36)35(19-9-21-37-2)20-18-27(24-10-5-3-6-11-24)25-12-7-4-8-13-25/h3-8,10-17,22,27H,9,18-21,32H2,1-2H3,(H,33,34,36)/b28-22+. The van der Waals surface area contributed by atoms with Crippen molar-refractivity contribution < 1.29 is 4.79 Å². The van der Waals surface area contributed by atoms with Gasteiger partial charge in [0, 0.05) is 31.7 Å². The Bertz CT molecular complexity index is 1150. The van der Waals surface area contributed by atoms with Gasteiger partial charge < -0.3 is 10.6 Å². The molecule has 0 aliphatic heterocycles. The second-order valence-corrected chi connectivity index (χ2v) is 11.3. The van der Waals surface area contributed by atoms with Crippen molar-refractivity contribution in [2.45, 2.75) is 18.8 Å². The van der Waals surface area contributed by atoms with Crippen molar-refractivity contribution in [2.75, 3.05) is 37.9 Å². The van der Waals surface area contributed by atoms with Crippen molar-refractivity contribution in [3.8, 4) is 0 Å². The summed E-state index contributed by atoms with van der Waals surface area (Å²) in [6.07, 6.45) is 5.63. The van der Waals surface area contributed by atoms with Gasteiger partial charge in [0.25, 0.3) is 0 Å². The van der Waals surface area contributed by atoms with Gasteiger partial charge in [-0.3, -0.25) is 10.3 Å². The number of hydrogen-bond donors (Lipinski definition) is 2. The summed E-state index contributed by atoms with van der Waals surface area (Å²) in [6, 6.07) is 28.2. The molecule has 38 heavy (non-hydrogen) atoms. The van der Waals surface area contributed by atoms with E-state index in [-0.39, 0.29) is 11.9 Å². The lowest BCUT2D eigenvalue weighted by Gasteiger charge is -2.26. The van der Waals surface area contributed by atoms with Crippen molar-refractivity contribution in [2.24, 2.45) is 4.99 Å². The number of nitrogens with zero attached hydrogens (tertiary/aromatic N) is 2. The average molecular weight is 567 g/mol. The van der Waals surface area contributed by atoms with Crippen LogP contribution in [-0.2, 0) is 0 Å². The summed E-state index contributed by atoms with van der Waals surface area (Å²) in [5.41, 5.74) is 9.87. The second kappa shape index (κ2) is 16.2. The molecule has 0 unspecified atom stereocenters. The highest BCUT2D eigenvalue weighted by Gasteiger charge is 2.20. The van der Waals surface area contributed by atoms with Crippen LogP contribution in [0, 0.1) is 0 Å². The number of nitrogen functional groups attached to an aromatic ring is 1. The Kier molecular flexibility index (Phi) is 12.6. The Hall–Kier alpha value is -2.87. The third kappa shape index (κ3) is 9.78. The van der Waals surface area contributed by atoms with Gasteiger partial charge in [-0.25, -0.2) is 4.79 Å². The van der Waals surface area contributed by atoms with E-state index >= 15 is 0 Å². The molecule has 0 bridgehead atoms.